The van der Waals surface area contributed by atoms with Crippen molar-refractivity contribution >= 4 is 29.3 Å². The van der Waals surface area contributed by atoms with Gasteiger partial charge in [0.15, 0.2) is 11.0 Å². The fourth-order valence-electron chi connectivity index (χ4n) is 3.66. The third kappa shape index (κ3) is 6.82. The summed E-state index contributed by atoms with van der Waals surface area (Å²) < 4.78 is 1.91. The lowest BCUT2D eigenvalue weighted by molar-refractivity contribution is -0.113. The molecule has 1 heterocycles. The molecular formula is C27H33N5O2S. The van der Waals surface area contributed by atoms with Crippen LogP contribution < -0.4 is 10.6 Å². The van der Waals surface area contributed by atoms with E-state index in [0.717, 1.165) is 22.4 Å². The highest BCUT2D eigenvalue weighted by Crippen LogP contribution is 2.26. The molecule has 0 unspecified atom stereocenters. The summed E-state index contributed by atoms with van der Waals surface area (Å²) in [6.45, 7) is 14.3. The van der Waals surface area contributed by atoms with Crippen LogP contribution in [0.25, 0.3) is 0 Å². The minimum Gasteiger partial charge on any atom is -0.342 e. The highest BCUT2D eigenvalue weighted by atomic mass is 32.2. The topological polar surface area (TPSA) is 88.9 Å². The predicted molar refractivity (Wildman–Crippen MR) is 142 cm³/mol. The Kier molecular flexibility index (Phi) is 8.87. The first-order valence-electron chi connectivity index (χ1n) is 11.6. The average molecular weight is 492 g/mol. The first-order chi connectivity index (χ1) is 16.7. The number of benzene rings is 2. The molecule has 0 radical (unpaired) electrons. The molecule has 0 aliphatic carbocycles. The molecule has 2 amide bonds. The number of rotatable bonds is 10. The lowest BCUT2D eigenvalue weighted by atomic mass is 10.0. The maximum Gasteiger partial charge on any atom is 0.251 e. The third-order valence-electron chi connectivity index (χ3n) is 5.57. The summed E-state index contributed by atoms with van der Waals surface area (Å²) in [5.74, 6) is 0.611. The minimum atomic E-state index is -0.353. The molecule has 0 bridgehead atoms. The molecule has 0 aliphatic heterocycles. The van der Waals surface area contributed by atoms with Crippen LogP contribution in [-0.4, -0.2) is 32.3 Å². The molecule has 8 heteroatoms. The number of aromatic nitrogens is 3. The van der Waals surface area contributed by atoms with Crippen molar-refractivity contribution in [3.8, 4) is 0 Å². The van der Waals surface area contributed by atoms with Crippen molar-refractivity contribution in [2.75, 3.05) is 11.1 Å². The van der Waals surface area contributed by atoms with Crippen LogP contribution >= 0.6 is 11.8 Å². The van der Waals surface area contributed by atoms with Gasteiger partial charge in [-0.15, -0.1) is 16.8 Å². The zero-order valence-electron chi connectivity index (χ0n) is 21.0. The van der Waals surface area contributed by atoms with Gasteiger partial charge in [0.25, 0.3) is 5.91 Å². The van der Waals surface area contributed by atoms with E-state index in [2.05, 4.69) is 27.4 Å². The van der Waals surface area contributed by atoms with Crippen LogP contribution in [-0.2, 0) is 11.3 Å². The molecule has 3 aromatic rings. The van der Waals surface area contributed by atoms with Gasteiger partial charge in [0.05, 0.1) is 11.8 Å². The number of aryl methyl sites for hydroxylation is 3. The van der Waals surface area contributed by atoms with Crippen LogP contribution in [0.4, 0.5) is 5.69 Å². The fraction of sp³-hybridized carbons (Fsp3) is 0.333. The molecule has 35 heavy (non-hydrogen) atoms. The van der Waals surface area contributed by atoms with Gasteiger partial charge in [0, 0.05) is 17.8 Å². The van der Waals surface area contributed by atoms with Gasteiger partial charge in [0.1, 0.15) is 0 Å². The highest BCUT2D eigenvalue weighted by Gasteiger charge is 2.26. The highest BCUT2D eigenvalue weighted by molar-refractivity contribution is 7.99. The third-order valence-corrected chi connectivity index (χ3v) is 6.54. The molecule has 7 nitrogen and oxygen atoms in total. The van der Waals surface area contributed by atoms with Crippen molar-refractivity contribution in [3.63, 3.8) is 0 Å². The van der Waals surface area contributed by atoms with Gasteiger partial charge in [-0.1, -0.05) is 61.5 Å². The second-order valence-corrected chi connectivity index (χ2v) is 9.90. The summed E-state index contributed by atoms with van der Waals surface area (Å²) in [5.41, 5.74) is 4.52. The van der Waals surface area contributed by atoms with Gasteiger partial charge in [-0.2, -0.15) is 0 Å². The lowest BCUT2D eigenvalue weighted by Gasteiger charge is -2.22. The molecule has 3 rings (SSSR count). The van der Waals surface area contributed by atoms with Gasteiger partial charge in [-0.25, -0.2) is 0 Å². The number of carbonyl (C=O) groups is 2. The quantitative estimate of drug-likeness (QED) is 0.299. The lowest BCUT2D eigenvalue weighted by Crippen LogP contribution is -2.34. The summed E-state index contributed by atoms with van der Waals surface area (Å²) in [7, 11) is 0. The van der Waals surface area contributed by atoms with E-state index in [4.69, 9.17) is 0 Å². The molecular weight excluding hydrogens is 458 g/mol. The zero-order valence-corrected chi connectivity index (χ0v) is 21.8. The van der Waals surface area contributed by atoms with E-state index in [1.165, 1.54) is 11.8 Å². The Bertz CT molecular complexity index is 1220. The van der Waals surface area contributed by atoms with Gasteiger partial charge in [0.2, 0.25) is 5.91 Å². The van der Waals surface area contributed by atoms with Crippen molar-refractivity contribution < 1.29 is 9.59 Å². The van der Waals surface area contributed by atoms with Gasteiger partial charge >= 0.3 is 0 Å². The predicted octanol–water partition coefficient (Wildman–Crippen LogP) is 5.25. The van der Waals surface area contributed by atoms with E-state index >= 15 is 0 Å². The molecule has 2 N–H and O–H groups in total. The summed E-state index contributed by atoms with van der Waals surface area (Å²) >= 11 is 1.31. The average Bonchev–Trinajstić information content (AvgIpc) is 3.20. The fourth-order valence-corrected chi connectivity index (χ4v) is 4.42. The first kappa shape index (κ1) is 26.2. The van der Waals surface area contributed by atoms with Gasteiger partial charge in [-0.05, 0) is 56.0 Å². The van der Waals surface area contributed by atoms with E-state index in [9.17, 15) is 9.59 Å². The number of hydrogen-bond acceptors (Lipinski definition) is 5. The van der Waals surface area contributed by atoms with Crippen molar-refractivity contribution in [1.29, 1.82) is 0 Å². The second kappa shape index (κ2) is 11.8. The van der Waals surface area contributed by atoms with E-state index in [1.54, 1.807) is 12.1 Å². The minimum absolute atomic E-state index is 0.0713. The Morgan fingerprint density at radius 3 is 2.51 bits per heavy atom. The molecule has 2 aromatic carbocycles. The summed E-state index contributed by atoms with van der Waals surface area (Å²) in [4.78, 5) is 25.6. The van der Waals surface area contributed by atoms with Crippen LogP contribution in [0, 0.1) is 26.7 Å². The molecule has 0 spiro atoms. The Morgan fingerprint density at radius 2 is 1.83 bits per heavy atom. The zero-order chi connectivity index (χ0) is 25.5. The smallest absolute Gasteiger partial charge is 0.251 e. The Hall–Kier alpha value is -3.39. The van der Waals surface area contributed by atoms with Crippen LogP contribution in [0.1, 0.15) is 52.8 Å². The van der Waals surface area contributed by atoms with E-state index in [0.29, 0.717) is 23.1 Å². The molecule has 0 saturated carbocycles. The Morgan fingerprint density at radius 1 is 1.09 bits per heavy atom. The van der Waals surface area contributed by atoms with Crippen LogP contribution in [0.5, 0.6) is 0 Å². The van der Waals surface area contributed by atoms with Crippen LogP contribution in [0.15, 0.2) is 60.3 Å². The number of hydrogen-bond donors (Lipinski definition) is 2. The molecule has 184 valence electrons. The summed E-state index contributed by atoms with van der Waals surface area (Å²) in [6.07, 6.45) is 1.76. The number of allylic oxidation sites excluding steroid dienone is 1. The number of amides is 2. The second-order valence-electron chi connectivity index (χ2n) is 8.96. The number of nitrogens with zero attached hydrogens (tertiary/aromatic N) is 3. The van der Waals surface area contributed by atoms with Crippen LogP contribution in [0.3, 0.4) is 0 Å². The maximum atomic E-state index is 13.0. The largest absolute Gasteiger partial charge is 0.342 e. The van der Waals surface area contributed by atoms with Crippen molar-refractivity contribution in [1.82, 2.24) is 20.1 Å². The first-order valence-corrected chi connectivity index (χ1v) is 12.6. The molecule has 0 fully saturated rings. The van der Waals surface area contributed by atoms with Crippen molar-refractivity contribution in [3.05, 3.63) is 83.2 Å². The SMILES string of the molecule is C=CCn1c(SCC(=O)Nc2cc(C)ccc2C)nnc1[C@@H](NC(=O)c1cccc(C)c1)C(C)C. The van der Waals surface area contributed by atoms with E-state index in [-0.39, 0.29) is 29.5 Å². The summed E-state index contributed by atoms with van der Waals surface area (Å²) in [5, 5.41) is 15.4. The molecule has 1 atom stereocenters. The molecule has 1 aromatic heterocycles. The van der Waals surface area contributed by atoms with Gasteiger partial charge in [-0.3, -0.25) is 9.59 Å². The Balaban J connectivity index is 1.76. The number of thioether (sulfide) groups is 1. The van der Waals surface area contributed by atoms with E-state index < -0.39 is 0 Å². The Labute approximate surface area is 211 Å². The monoisotopic (exact) mass is 491 g/mol. The van der Waals surface area contributed by atoms with E-state index in [1.807, 2.05) is 75.6 Å². The summed E-state index contributed by atoms with van der Waals surface area (Å²) in [6, 6.07) is 13.1. The standard InChI is InChI=1S/C27H33N5O2S/c1-7-13-32-25(24(17(2)3)29-26(34)21-10-8-9-18(4)14-21)30-31-27(32)35-16-23(33)28-22-15-19(5)11-12-20(22)6/h7-12,14-15,17,24H,1,13,16H2,2-6H3,(H,28,33)(H,29,34)/t24-/m0/s1. The number of anilines is 1. The van der Waals surface area contributed by atoms with Crippen molar-refractivity contribution in [2.45, 2.75) is 52.4 Å². The van der Waals surface area contributed by atoms with Gasteiger partial charge < -0.3 is 15.2 Å². The maximum absolute atomic E-state index is 13.0. The number of carbonyl (C=O) groups excluding carboxylic acids is 2. The van der Waals surface area contributed by atoms with Crippen molar-refractivity contribution in [2.24, 2.45) is 5.92 Å². The number of nitrogens with one attached hydrogen (secondary N) is 2. The van der Waals surface area contributed by atoms with Crippen LogP contribution in [0.2, 0.25) is 0 Å². The molecule has 0 aliphatic rings. The normalized spacial score (nSPS) is 11.8. The molecule has 0 saturated heterocycles.